The number of nitrogens with zero attached hydrogens (tertiary/aromatic N) is 1. The maximum Gasteiger partial charge on any atom is 0.337 e. The fraction of sp³-hybridized carbons (Fsp3) is 0.455. The van der Waals surface area contributed by atoms with Crippen LogP contribution in [-0.4, -0.2) is 22.1 Å². The lowest BCUT2D eigenvalue weighted by Crippen LogP contribution is -2.11. The molecule has 1 aromatic heterocycles. The molecule has 1 unspecified atom stereocenters. The molecule has 5 heteroatoms. The van der Waals surface area contributed by atoms with E-state index in [1.54, 1.807) is 0 Å². The van der Waals surface area contributed by atoms with Crippen molar-refractivity contribution in [1.29, 1.82) is 0 Å². The normalized spacial score (nSPS) is 21.6. The van der Waals surface area contributed by atoms with Gasteiger partial charge in [-0.2, -0.15) is 0 Å². The molecule has 0 bridgehead atoms. The molecule has 1 heterocycles. The third-order valence-corrected chi connectivity index (χ3v) is 3.33. The Kier molecular flexibility index (Phi) is 2.54. The molecule has 1 aromatic rings. The first-order valence-electron chi connectivity index (χ1n) is 5.06. The highest BCUT2D eigenvalue weighted by atomic mass is 35.5. The van der Waals surface area contributed by atoms with Crippen molar-refractivity contribution < 1.29 is 9.90 Å². The average molecular weight is 241 g/mol. The molecule has 16 heavy (non-hydrogen) atoms. The monoisotopic (exact) mass is 240 g/mol. The number of hydrogen-bond donors (Lipinski definition) is 2. The first kappa shape index (κ1) is 11.2. The largest absolute Gasteiger partial charge is 0.478 e. The van der Waals surface area contributed by atoms with E-state index in [2.05, 4.69) is 24.1 Å². The molecule has 0 radical (unpaired) electrons. The summed E-state index contributed by atoms with van der Waals surface area (Å²) in [6, 6.07) is 1.72. The third kappa shape index (κ3) is 1.97. The molecule has 0 amide bonds. The van der Waals surface area contributed by atoms with E-state index in [1.165, 1.54) is 12.3 Å². The molecule has 1 fully saturated rings. The zero-order chi connectivity index (χ0) is 11.9. The highest BCUT2D eigenvalue weighted by molar-refractivity contribution is 6.35. The van der Waals surface area contributed by atoms with Crippen LogP contribution >= 0.6 is 11.6 Å². The van der Waals surface area contributed by atoms with E-state index in [0.29, 0.717) is 11.9 Å². The van der Waals surface area contributed by atoms with E-state index >= 15 is 0 Å². The summed E-state index contributed by atoms with van der Waals surface area (Å²) in [6.07, 6.45) is 2.50. The van der Waals surface area contributed by atoms with Gasteiger partial charge in [0.1, 0.15) is 5.82 Å². The van der Waals surface area contributed by atoms with Gasteiger partial charge in [-0.1, -0.05) is 25.4 Å². The number of nitrogens with one attached hydrogen (secondary N) is 1. The lowest BCUT2D eigenvalue weighted by Gasteiger charge is -2.10. The zero-order valence-corrected chi connectivity index (χ0v) is 9.88. The number of aromatic carboxylic acids is 1. The van der Waals surface area contributed by atoms with Crippen molar-refractivity contribution in [3.63, 3.8) is 0 Å². The number of carboxylic acid groups (broad SMARTS) is 1. The van der Waals surface area contributed by atoms with Crippen molar-refractivity contribution in [2.24, 2.45) is 5.41 Å². The van der Waals surface area contributed by atoms with Crippen LogP contribution in [0.1, 0.15) is 30.6 Å². The predicted molar refractivity (Wildman–Crippen MR) is 62.0 cm³/mol. The Morgan fingerprint density at radius 3 is 2.81 bits per heavy atom. The highest BCUT2D eigenvalue weighted by Gasteiger charge is 2.46. The maximum atomic E-state index is 10.9. The molecule has 0 spiro atoms. The second kappa shape index (κ2) is 3.63. The van der Waals surface area contributed by atoms with Crippen molar-refractivity contribution in [3.8, 4) is 0 Å². The Balaban J connectivity index is 2.22. The van der Waals surface area contributed by atoms with Crippen LogP contribution in [0.2, 0.25) is 5.02 Å². The SMILES string of the molecule is CC1(C)CC1Nc1nccc(C(=O)O)c1Cl. The summed E-state index contributed by atoms with van der Waals surface area (Å²) in [7, 11) is 0. The maximum absolute atomic E-state index is 10.9. The van der Waals surface area contributed by atoms with Crippen LogP contribution in [0.25, 0.3) is 0 Å². The molecule has 2 rings (SSSR count). The molecule has 0 aromatic carbocycles. The Labute approximate surface area is 98.6 Å². The number of hydrogen-bond acceptors (Lipinski definition) is 3. The summed E-state index contributed by atoms with van der Waals surface area (Å²) >= 11 is 5.96. The molecule has 0 aliphatic heterocycles. The van der Waals surface area contributed by atoms with Gasteiger partial charge in [0.2, 0.25) is 0 Å². The quantitative estimate of drug-likeness (QED) is 0.853. The van der Waals surface area contributed by atoms with Gasteiger partial charge in [-0.3, -0.25) is 0 Å². The van der Waals surface area contributed by atoms with Crippen LogP contribution in [0, 0.1) is 5.41 Å². The lowest BCUT2D eigenvalue weighted by atomic mass is 10.2. The number of halogens is 1. The minimum absolute atomic E-state index is 0.0811. The smallest absolute Gasteiger partial charge is 0.337 e. The Hall–Kier alpha value is -1.29. The molecule has 4 nitrogen and oxygen atoms in total. The molecule has 86 valence electrons. The molecule has 1 atom stereocenters. The van der Waals surface area contributed by atoms with Crippen LogP contribution in [-0.2, 0) is 0 Å². The number of anilines is 1. The zero-order valence-electron chi connectivity index (χ0n) is 9.12. The van der Waals surface area contributed by atoms with Gasteiger partial charge in [-0.05, 0) is 17.9 Å². The summed E-state index contributed by atoms with van der Waals surface area (Å²) in [5, 5.41) is 12.2. The molecule has 1 aliphatic rings. The van der Waals surface area contributed by atoms with E-state index in [4.69, 9.17) is 16.7 Å². The summed E-state index contributed by atoms with van der Waals surface area (Å²) < 4.78 is 0. The van der Waals surface area contributed by atoms with Gasteiger partial charge in [-0.25, -0.2) is 9.78 Å². The first-order chi connectivity index (χ1) is 7.42. The van der Waals surface area contributed by atoms with E-state index in [1.807, 2.05) is 0 Å². The number of pyridine rings is 1. The van der Waals surface area contributed by atoms with E-state index in [9.17, 15) is 4.79 Å². The first-order valence-corrected chi connectivity index (χ1v) is 5.44. The van der Waals surface area contributed by atoms with Crippen molar-refractivity contribution >= 4 is 23.4 Å². The average Bonchev–Trinajstić information content (AvgIpc) is 2.77. The Bertz CT molecular complexity index is 446. The molecule has 1 saturated carbocycles. The standard InChI is InChI=1S/C11H13ClN2O2/c1-11(2)5-7(11)14-9-8(12)6(10(15)16)3-4-13-9/h3-4,7H,5H2,1-2H3,(H,13,14)(H,15,16). The van der Waals surface area contributed by atoms with Crippen LogP contribution in [0.5, 0.6) is 0 Å². The van der Waals surface area contributed by atoms with Crippen LogP contribution < -0.4 is 5.32 Å². The number of aromatic nitrogens is 1. The van der Waals surface area contributed by atoms with E-state index in [-0.39, 0.29) is 16.0 Å². The Morgan fingerprint density at radius 2 is 2.31 bits per heavy atom. The third-order valence-electron chi connectivity index (χ3n) is 2.94. The second-order valence-electron chi connectivity index (χ2n) is 4.72. The lowest BCUT2D eigenvalue weighted by molar-refractivity contribution is 0.0697. The minimum Gasteiger partial charge on any atom is -0.478 e. The number of carboxylic acids is 1. The van der Waals surface area contributed by atoms with Gasteiger partial charge in [0.25, 0.3) is 0 Å². The summed E-state index contributed by atoms with van der Waals surface area (Å²) in [4.78, 5) is 14.9. The number of carbonyl (C=O) groups is 1. The van der Waals surface area contributed by atoms with E-state index < -0.39 is 5.97 Å². The van der Waals surface area contributed by atoms with Crippen LogP contribution in [0.15, 0.2) is 12.3 Å². The Morgan fingerprint density at radius 1 is 1.69 bits per heavy atom. The van der Waals surface area contributed by atoms with Gasteiger partial charge < -0.3 is 10.4 Å². The van der Waals surface area contributed by atoms with Crippen LogP contribution in [0.4, 0.5) is 5.82 Å². The van der Waals surface area contributed by atoms with Gasteiger partial charge in [0.05, 0.1) is 10.6 Å². The predicted octanol–water partition coefficient (Wildman–Crippen LogP) is 2.64. The van der Waals surface area contributed by atoms with Gasteiger partial charge in [-0.15, -0.1) is 0 Å². The molecular formula is C11H13ClN2O2. The molecule has 0 saturated heterocycles. The number of rotatable bonds is 3. The molecular weight excluding hydrogens is 228 g/mol. The summed E-state index contributed by atoms with van der Waals surface area (Å²) in [6.45, 7) is 4.28. The van der Waals surface area contributed by atoms with Gasteiger partial charge in [0.15, 0.2) is 0 Å². The van der Waals surface area contributed by atoms with Crippen molar-refractivity contribution in [2.45, 2.75) is 26.3 Å². The molecule has 1 aliphatic carbocycles. The second-order valence-corrected chi connectivity index (χ2v) is 5.09. The van der Waals surface area contributed by atoms with Crippen molar-refractivity contribution in [2.75, 3.05) is 5.32 Å². The summed E-state index contributed by atoms with van der Waals surface area (Å²) in [5.41, 5.74) is 0.321. The van der Waals surface area contributed by atoms with Gasteiger partial charge in [0, 0.05) is 12.2 Å². The van der Waals surface area contributed by atoms with Gasteiger partial charge >= 0.3 is 5.97 Å². The van der Waals surface area contributed by atoms with Crippen molar-refractivity contribution in [3.05, 3.63) is 22.8 Å². The minimum atomic E-state index is -1.04. The van der Waals surface area contributed by atoms with Crippen LogP contribution in [0.3, 0.4) is 0 Å². The fourth-order valence-electron chi connectivity index (χ4n) is 1.59. The van der Waals surface area contributed by atoms with Crippen molar-refractivity contribution in [1.82, 2.24) is 4.98 Å². The topological polar surface area (TPSA) is 62.2 Å². The summed E-state index contributed by atoms with van der Waals surface area (Å²) in [5.74, 6) is -0.581. The molecule has 2 N–H and O–H groups in total. The highest BCUT2D eigenvalue weighted by Crippen LogP contribution is 2.47. The van der Waals surface area contributed by atoms with E-state index in [0.717, 1.165) is 6.42 Å². The fourth-order valence-corrected chi connectivity index (χ4v) is 1.84.